The molecule has 1 N–H and O–H groups in total. The highest BCUT2D eigenvalue weighted by Crippen LogP contribution is 2.29. The molecule has 6 nitrogen and oxygen atoms in total. The van der Waals surface area contributed by atoms with Gasteiger partial charge in [-0.05, 0) is 45.0 Å². The van der Waals surface area contributed by atoms with E-state index in [1.807, 2.05) is 0 Å². The number of nitrogens with one attached hydrogen (secondary N) is 1. The molecule has 1 amide bonds. The molecule has 27 heavy (non-hydrogen) atoms. The largest absolute Gasteiger partial charge is 0.416 e. The lowest BCUT2D eigenvalue weighted by Crippen LogP contribution is -2.17. The summed E-state index contributed by atoms with van der Waals surface area (Å²) in [4.78, 5) is 21.0. The highest BCUT2D eigenvalue weighted by Gasteiger charge is 2.31. The van der Waals surface area contributed by atoms with Gasteiger partial charge in [0.05, 0.1) is 11.3 Å². The van der Waals surface area contributed by atoms with Crippen molar-refractivity contribution in [1.29, 1.82) is 0 Å². The lowest BCUT2D eigenvalue weighted by molar-refractivity contribution is -0.137. The first-order chi connectivity index (χ1) is 12.6. The van der Waals surface area contributed by atoms with Crippen molar-refractivity contribution < 1.29 is 18.0 Å². The van der Waals surface area contributed by atoms with Gasteiger partial charge in [0.2, 0.25) is 0 Å². The Labute approximate surface area is 153 Å². The third-order valence-electron chi connectivity index (χ3n) is 3.69. The van der Waals surface area contributed by atoms with Crippen LogP contribution in [0.15, 0.2) is 36.4 Å². The summed E-state index contributed by atoms with van der Waals surface area (Å²) in [6.07, 6.45) is -4.53. The molecule has 0 aliphatic carbocycles. The van der Waals surface area contributed by atoms with Crippen LogP contribution in [0.1, 0.15) is 33.0 Å². The number of hydrogen-bond donors (Lipinski definition) is 1. The van der Waals surface area contributed by atoms with Gasteiger partial charge in [-0.2, -0.15) is 23.0 Å². The molecule has 140 valence electrons. The predicted molar refractivity (Wildman–Crippen MR) is 92.8 cm³/mol. The van der Waals surface area contributed by atoms with Crippen molar-refractivity contribution in [2.75, 3.05) is 5.32 Å². The number of benzene rings is 1. The molecule has 0 spiro atoms. The summed E-state index contributed by atoms with van der Waals surface area (Å²) in [6.45, 7) is 5.32. The number of aryl methyl sites for hydroxylation is 3. The molecule has 9 heteroatoms. The zero-order valence-corrected chi connectivity index (χ0v) is 14.8. The van der Waals surface area contributed by atoms with Crippen molar-refractivity contribution in [2.24, 2.45) is 0 Å². The Morgan fingerprint density at radius 1 is 1.00 bits per heavy atom. The molecule has 0 radical (unpaired) electrons. The van der Waals surface area contributed by atoms with Crippen molar-refractivity contribution in [3.8, 4) is 5.95 Å². The third kappa shape index (κ3) is 4.13. The second kappa shape index (κ2) is 6.82. The topological polar surface area (TPSA) is 72.7 Å². The van der Waals surface area contributed by atoms with Crippen LogP contribution in [0.4, 0.5) is 19.0 Å². The quantitative estimate of drug-likeness (QED) is 0.755. The summed E-state index contributed by atoms with van der Waals surface area (Å²) >= 11 is 0. The summed E-state index contributed by atoms with van der Waals surface area (Å²) in [5.74, 6) is -0.161. The number of hydrogen-bond acceptors (Lipinski definition) is 4. The van der Waals surface area contributed by atoms with E-state index in [4.69, 9.17) is 0 Å². The van der Waals surface area contributed by atoms with E-state index >= 15 is 0 Å². The van der Waals surface area contributed by atoms with Gasteiger partial charge in [0.15, 0.2) is 0 Å². The molecule has 0 fully saturated rings. The van der Waals surface area contributed by atoms with Crippen LogP contribution < -0.4 is 5.32 Å². The first kappa shape index (κ1) is 18.6. The standard InChI is InChI=1S/C18H16F3N5O/c1-10-7-11(2)23-17(22-10)26-15(8-12(3)25-26)24-16(27)13-5-4-6-14(9-13)18(19,20)21/h4-9H,1-3H3,(H,24,27). The number of halogens is 3. The first-order valence-corrected chi connectivity index (χ1v) is 8.01. The molecule has 3 aromatic rings. The molecule has 3 rings (SSSR count). The van der Waals surface area contributed by atoms with Gasteiger partial charge < -0.3 is 5.32 Å². The molecule has 1 aromatic carbocycles. The number of carbonyl (C=O) groups is 1. The number of rotatable bonds is 3. The summed E-state index contributed by atoms with van der Waals surface area (Å²) in [5, 5.41) is 6.84. The summed E-state index contributed by atoms with van der Waals surface area (Å²) in [6, 6.07) is 7.59. The van der Waals surface area contributed by atoms with Crippen molar-refractivity contribution in [2.45, 2.75) is 26.9 Å². The third-order valence-corrected chi connectivity index (χ3v) is 3.69. The average molecular weight is 375 g/mol. The Kier molecular flexibility index (Phi) is 4.69. The van der Waals surface area contributed by atoms with E-state index in [2.05, 4.69) is 20.4 Å². The van der Waals surface area contributed by atoms with Gasteiger partial charge in [0.25, 0.3) is 11.9 Å². The van der Waals surface area contributed by atoms with E-state index in [1.54, 1.807) is 32.9 Å². The minimum Gasteiger partial charge on any atom is -0.306 e. The van der Waals surface area contributed by atoms with Gasteiger partial charge in [0.1, 0.15) is 5.82 Å². The Bertz CT molecular complexity index is 990. The van der Waals surface area contributed by atoms with Crippen molar-refractivity contribution >= 4 is 11.7 Å². The van der Waals surface area contributed by atoms with Crippen LogP contribution in [-0.4, -0.2) is 25.7 Å². The average Bonchev–Trinajstić information content (AvgIpc) is 2.93. The number of anilines is 1. The molecule has 0 unspecified atom stereocenters. The minimum absolute atomic E-state index is 0.114. The lowest BCUT2D eigenvalue weighted by Gasteiger charge is -2.10. The molecule has 0 aliphatic rings. The Balaban J connectivity index is 1.94. The normalized spacial score (nSPS) is 11.5. The minimum atomic E-state index is -4.53. The molecule has 0 saturated carbocycles. The lowest BCUT2D eigenvalue weighted by atomic mass is 10.1. The fraction of sp³-hybridized carbons (Fsp3) is 0.222. The second-order valence-corrected chi connectivity index (χ2v) is 6.07. The van der Waals surface area contributed by atoms with E-state index in [-0.39, 0.29) is 17.3 Å². The fourth-order valence-electron chi connectivity index (χ4n) is 2.57. The van der Waals surface area contributed by atoms with Gasteiger partial charge in [-0.25, -0.2) is 9.97 Å². The zero-order valence-electron chi connectivity index (χ0n) is 14.8. The maximum atomic E-state index is 12.9. The van der Waals surface area contributed by atoms with Gasteiger partial charge in [-0.1, -0.05) is 6.07 Å². The smallest absolute Gasteiger partial charge is 0.306 e. The SMILES string of the molecule is Cc1cc(C)nc(-n2nc(C)cc2NC(=O)c2cccc(C(F)(F)F)c2)n1. The summed E-state index contributed by atoms with van der Waals surface area (Å²) < 4.78 is 39.9. The predicted octanol–water partition coefficient (Wildman–Crippen LogP) is 3.86. The highest BCUT2D eigenvalue weighted by atomic mass is 19.4. The van der Waals surface area contributed by atoms with Crippen molar-refractivity contribution in [1.82, 2.24) is 19.7 Å². The molecule has 0 saturated heterocycles. The van der Waals surface area contributed by atoms with Crippen molar-refractivity contribution in [3.05, 3.63) is 64.6 Å². The van der Waals surface area contributed by atoms with Gasteiger partial charge in [0, 0.05) is 23.0 Å². The van der Waals surface area contributed by atoms with Gasteiger partial charge in [-0.3, -0.25) is 4.79 Å². The summed E-state index contributed by atoms with van der Waals surface area (Å²) in [7, 11) is 0. The van der Waals surface area contributed by atoms with Crippen LogP contribution >= 0.6 is 0 Å². The van der Waals surface area contributed by atoms with Crippen LogP contribution in [0, 0.1) is 20.8 Å². The maximum absolute atomic E-state index is 12.9. The zero-order chi connectivity index (χ0) is 19.8. The van der Waals surface area contributed by atoms with E-state index in [0.29, 0.717) is 5.69 Å². The van der Waals surface area contributed by atoms with E-state index in [0.717, 1.165) is 23.5 Å². The van der Waals surface area contributed by atoms with Crippen molar-refractivity contribution in [3.63, 3.8) is 0 Å². The maximum Gasteiger partial charge on any atom is 0.416 e. The second-order valence-electron chi connectivity index (χ2n) is 6.07. The first-order valence-electron chi connectivity index (χ1n) is 8.01. The number of alkyl halides is 3. The molecular weight excluding hydrogens is 359 g/mol. The van der Waals surface area contributed by atoms with Gasteiger partial charge >= 0.3 is 6.18 Å². The molecule has 2 aromatic heterocycles. The molecule has 0 bridgehead atoms. The number of nitrogens with zero attached hydrogens (tertiary/aromatic N) is 4. The van der Waals surface area contributed by atoms with Gasteiger partial charge in [-0.15, -0.1) is 0 Å². The van der Waals surface area contributed by atoms with Crippen LogP contribution in [0.2, 0.25) is 0 Å². The summed E-state index contributed by atoms with van der Waals surface area (Å²) in [5.41, 5.74) is 1.03. The molecule has 2 heterocycles. The Morgan fingerprint density at radius 2 is 1.67 bits per heavy atom. The van der Waals surface area contributed by atoms with E-state index in [1.165, 1.54) is 16.8 Å². The molecular formula is C18H16F3N5O. The Morgan fingerprint density at radius 3 is 2.30 bits per heavy atom. The number of carbonyl (C=O) groups excluding carboxylic acids is 1. The number of aromatic nitrogens is 4. The van der Waals surface area contributed by atoms with Crippen LogP contribution in [0.3, 0.4) is 0 Å². The number of amides is 1. The monoisotopic (exact) mass is 375 g/mol. The van der Waals surface area contributed by atoms with E-state index < -0.39 is 17.6 Å². The molecule has 0 aliphatic heterocycles. The van der Waals surface area contributed by atoms with Crippen LogP contribution in [-0.2, 0) is 6.18 Å². The highest BCUT2D eigenvalue weighted by molar-refractivity contribution is 6.04. The Hall–Kier alpha value is -3.23. The van der Waals surface area contributed by atoms with E-state index in [9.17, 15) is 18.0 Å². The molecule has 0 atom stereocenters. The van der Waals surface area contributed by atoms with Crippen LogP contribution in [0.5, 0.6) is 0 Å². The van der Waals surface area contributed by atoms with Crippen LogP contribution in [0.25, 0.3) is 5.95 Å². The fourth-order valence-corrected chi connectivity index (χ4v) is 2.57.